The molecule has 1 aromatic carbocycles. The first-order chi connectivity index (χ1) is 12.9. The van der Waals surface area contributed by atoms with Gasteiger partial charge in [0.1, 0.15) is 11.6 Å². The van der Waals surface area contributed by atoms with E-state index in [1.165, 1.54) is 4.31 Å². The summed E-state index contributed by atoms with van der Waals surface area (Å²) in [4.78, 5) is 27.0. The summed E-state index contributed by atoms with van der Waals surface area (Å²) in [6, 6.07) is 6.05. The summed E-state index contributed by atoms with van der Waals surface area (Å²) in [5, 5.41) is 8.09. The van der Waals surface area contributed by atoms with Crippen LogP contribution in [0.4, 0.5) is 0 Å². The summed E-state index contributed by atoms with van der Waals surface area (Å²) < 4.78 is 27.2. The number of benzene rings is 1. The lowest BCUT2D eigenvalue weighted by atomic mass is 10.2. The summed E-state index contributed by atoms with van der Waals surface area (Å²) in [5.74, 6) is -0.259. The first kappa shape index (κ1) is 18.1. The van der Waals surface area contributed by atoms with Crippen LogP contribution in [-0.4, -0.2) is 70.0 Å². The standard InChI is InChI=1S/C17H21N5O4S/c1-12(22-17(24)14-4-2-3-5-15(14)18-19-22)16(23)20-8-10-21(11-9-20)27(25,26)13-6-7-13/h2-5,12-13H,6-11H2,1H3. The van der Waals surface area contributed by atoms with Crippen LogP contribution in [0, 0.1) is 0 Å². The zero-order valence-electron chi connectivity index (χ0n) is 15.0. The Morgan fingerprint density at radius 3 is 2.48 bits per heavy atom. The Morgan fingerprint density at radius 2 is 1.81 bits per heavy atom. The quantitative estimate of drug-likeness (QED) is 0.726. The van der Waals surface area contributed by atoms with Crippen molar-refractivity contribution < 1.29 is 13.2 Å². The molecule has 2 fully saturated rings. The molecular weight excluding hydrogens is 370 g/mol. The summed E-state index contributed by atoms with van der Waals surface area (Å²) in [5.41, 5.74) is 0.119. The van der Waals surface area contributed by atoms with Crippen molar-refractivity contribution in [2.45, 2.75) is 31.1 Å². The van der Waals surface area contributed by atoms with Crippen LogP contribution in [0.25, 0.3) is 10.9 Å². The Labute approximate surface area is 156 Å². The number of fused-ring (bicyclic) bond motifs is 1. The molecule has 1 aliphatic heterocycles. The van der Waals surface area contributed by atoms with Gasteiger partial charge in [-0.1, -0.05) is 17.3 Å². The van der Waals surface area contributed by atoms with Gasteiger partial charge < -0.3 is 4.90 Å². The van der Waals surface area contributed by atoms with E-state index in [0.717, 1.165) is 17.5 Å². The maximum atomic E-state index is 12.8. The van der Waals surface area contributed by atoms with E-state index in [1.807, 2.05) is 0 Å². The molecule has 1 amide bonds. The monoisotopic (exact) mass is 391 g/mol. The van der Waals surface area contributed by atoms with Crippen LogP contribution < -0.4 is 5.56 Å². The Hall–Kier alpha value is -2.33. The Morgan fingerprint density at radius 1 is 1.15 bits per heavy atom. The van der Waals surface area contributed by atoms with Crippen LogP contribution in [0.2, 0.25) is 0 Å². The lowest BCUT2D eigenvalue weighted by Crippen LogP contribution is -2.53. The van der Waals surface area contributed by atoms with Crippen molar-refractivity contribution in [3.63, 3.8) is 0 Å². The Balaban J connectivity index is 1.49. The van der Waals surface area contributed by atoms with Gasteiger partial charge in [-0.15, -0.1) is 5.10 Å². The molecule has 0 bridgehead atoms. The number of nitrogens with zero attached hydrogens (tertiary/aromatic N) is 5. The summed E-state index contributed by atoms with van der Waals surface area (Å²) in [6.45, 7) is 2.81. The Kier molecular flexibility index (Phi) is 4.47. The van der Waals surface area contributed by atoms with Gasteiger partial charge in [0, 0.05) is 26.2 Å². The maximum absolute atomic E-state index is 12.8. The fourth-order valence-electron chi connectivity index (χ4n) is 3.36. The van der Waals surface area contributed by atoms with Gasteiger partial charge in [0.25, 0.3) is 5.56 Å². The van der Waals surface area contributed by atoms with E-state index in [0.29, 0.717) is 24.0 Å². The zero-order chi connectivity index (χ0) is 19.2. The van der Waals surface area contributed by atoms with Gasteiger partial charge in [0.05, 0.1) is 10.6 Å². The van der Waals surface area contributed by atoms with Gasteiger partial charge in [-0.3, -0.25) is 9.59 Å². The predicted octanol–water partition coefficient (Wildman–Crippen LogP) is -0.0111. The first-order valence-corrected chi connectivity index (χ1v) is 10.5. The highest BCUT2D eigenvalue weighted by atomic mass is 32.2. The average Bonchev–Trinajstić information content (AvgIpc) is 3.53. The fraction of sp³-hybridized carbons (Fsp3) is 0.529. The van der Waals surface area contributed by atoms with Crippen molar-refractivity contribution >= 4 is 26.8 Å². The third-order valence-corrected chi connectivity index (χ3v) is 7.57. The molecule has 9 nitrogen and oxygen atoms in total. The second-order valence-electron chi connectivity index (χ2n) is 7.00. The van der Waals surface area contributed by atoms with Crippen molar-refractivity contribution in [1.82, 2.24) is 24.2 Å². The van der Waals surface area contributed by atoms with Crippen molar-refractivity contribution in [3.05, 3.63) is 34.6 Å². The molecule has 1 aromatic heterocycles. The van der Waals surface area contributed by atoms with Gasteiger partial charge in [-0.2, -0.15) is 8.99 Å². The van der Waals surface area contributed by atoms with E-state index in [1.54, 1.807) is 36.1 Å². The highest BCUT2D eigenvalue weighted by Crippen LogP contribution is 2.31. The normalized spacial score (nSPS) is 20.0. The lowest BCUT2D eigenvalue weighted by Gasteiger charge is -2.35. The number of carbonyl (C=O) groups excluding carboxylic acids is 1. The smallest absolute Gasteiger partial charge is 0.278 e. The number of piperazine rings is 1. The number of hydrogen-bond donors (Lipinski definition) is 0. The molecule has 0 radical (unpaired) electrons. The summed E-state index contributed by atoms with van der Waals surface area (Å²) in [7, 11) is -3.22. The van der Waals surface area contributed by atoms with Gasteiger partial charge in [0.15, 0.2) is 0 Å². The lowest BCUT2D eigenvalue weighted by molar-refractivity contribution is -0.135. The minimum Gasteiger partial charge on any atom is -0.338 e. The molecule has 0 spiro atoms. The van der Waals surface area contributed by atoms with Crippen LogP contribution in [0.3, 0.4) is 0 Å². The molecule has 1 unspecified atom stereocenters. The molecule has 2 aliphatic rings. The molecule has 4 rings (SSSR count). The molecule has 0 N–H and O–H groups in total. The molecule has 144 valence electrons. The van der Waals surface area contributed by atoms with Crippen molar-refractivity contribution in [3.8, 4) is 0 Å². The number of sulfonamides is 1. The molecule has 27 heavy (non-hydrogen) atoms. The van der Waals surface area contributed by atoms with Gasteiger partial charge in [-0.05, 0) is 31.9 Å². The molecular formula is C17H21N5O4S. The summed E-state index contributed by atoms with van der Waals surface area (Å²) in [6.07, 6.45) is 1.45. The van der Waals surface area contributed by atoms with Crippen LogP contribution >= 0.6 is 0 Å². The van der Waals surface area contributed by atoms with Gasteiger partial charge >= 0.3 is 0 Å². The topological polar surface area (TPSA) is 105 Å². The molecule has 1 atom stereocenters. The van der Waals surface area contributed by atoms with Crippen molar-refractivity contribution in [1.29, 1.82) is 0 Å². The largest absolute Gasteiger partial charge is 0.338 e. The minimum atomic E-state index is -3.22. The van der Waals surface area contributed by atoms with Crippen LogP contribution in [0.5, 0.6) is 0 Å². The van der Waals surface area contributed by atoms with Crippen LogP contribution in [0.15, 0.2) is 29.1 Å². The van der Waals surface area contributed by atoms with E-state index in [9.17, 15) is 18.0 Å². The molecule has 2 heterocycles. The highest BCUT2D eigenvalue weighted by Gasteiger charge is 2.41. The van der Waals surface area contributed by atoms with E-state index in [4.69, 9.17) is 0 Å². The third kappa shape index (κ3) is 3.23. The second kappa shape index (κ2) is 6.68. The minimum absolute atomic E-state index is 0.245. The zero-order valence-corrected chi connectivity index (χ0v) is 15.8. The maximum Gasteiger partial charge on any atom is 0.278 e. The first-order valence-electron chi connectivity index (χ1n) is 9.01. The number of amides is 1. The van der Waals surface area contributed by atoms with Crippen molar-refractivity contribution in [2.24, 2.45) is 0 Å². The molecule has 1 aliphatic carbocycles. The molecule has 2 aromatic rings. The molecule has 1 saturated heterocycles. The van der Waals surface area contributed by atoms with Gasteiger partial charge in [0.2, 0.25) is 15.9 Å². The van der Waals surface area contributed by atoms with E-state index >= 15 is 0 Å². The summed E-state index contributed by atoms with van der Waals surface area (Å²) >= 11 is 0. The Bertz CT molecular complexity index is 1040. The number of aromatic nitrogens is 3. The molecule has 10 heteroatoms. The van der Waals surface area contributed by atoms with Crippen LogP contribution in [-0.2, 0) is 14.8 Å². The van der Waals surface area contributed by atoms with Crippen molar-refractivity contribution in [2.75, 3.05) is 26.2 Å². The van der Waals surface area contributed by atoms with E-state index in [-0.39, 0.29) is 29.8 Å². The highest BCUT2D eigenvalue weighted by molar-refractivity contribution is 7.90. The van der Waals surface area contributed by atoms with E-state index in [2.05, 4.69) is 10.3 Å². The second-order valence-corrected chi connectivity index (χ2v) is 9.21. The van der Waals surface area contributed by atoms with E-state index < -0.39 is 16.1 Å². The number of carbonyl (C=O) groups is 1. The van der Waals surface area contributed by atoms with Crippen LogP contribution in [0.1, 0.15) is 25.8 Å². The van der Waals surface area contributed by atoms with Gasteiger partial charge in [-0.25, -0.2) is 8.42 Å². The average molecular weight is 391 g/mol. The number of rotatable bonds is 4. The molecule has 1 saturated carbocycles. The third-order valence-electron chi connectivity index (χ3n) is 5.17. The fourth-order valence-corrected chi connectivity index (χ4v) is 5.19. The number of hydrogen-bond acceptors (Lipinski definition) is 6. The predicted molar refractivity (Wildman–Crippen MR) is 98.6 cm³/mol. The SMILES string of the molecule is CC(C(=O)N1CCN(S(=O)(=O)C2CC2)CC1)n1nnc2ccccc2c1=O.